The number of carbonyl (C=O) groups is 1. The van der Waals surface area contributed by atoms with E-state index in [1.54, 1.807) is 0 Å². The lowest BCUT2D eigenvalue weighted by Gasteiger charge is -2.35. The van der Waals surface area contributed by atoms with E-state index in [1.807, 2.05) is 76.2 Å². The third kappa shape index (κ3) is 5.38. The Morgan fingerprint density at radius 2 is 1.70 bits per heavy atom. The van der Waals surface area contributed by atoms with Gasteiger partial charge in [-0.25, -0.2) is 8.78 Å². The smallest absolute Gasteiger partial charge is 0.489 e. The van der Waals surface area contributed by atoms with Gasteiger partial charge in [-0.3, -0.25) is 4.79 Å². The van der Waals surface area contributed by atoms with Crippen LogP contribution >= 0.6 is 0 Å². The molecule has 4 rings (SSSR count). The summed E-state index contributed by atoms with van der Waals surface area (Å²) in [5.74, 6) is -2.43. The molecule has 1 N–H and O–H groups in total. The highest BCUT2D eigenvalue weighted by molar-refractivity contribution is 6.62. The lowest BCUT2D eigenvalue weighted by molar-refractivity contribution is -0.128. The summed E-state index contributed by atoms with van der Waals surface area (Å²) in [6, 6.07) is 14.8. The third-order valence-electron chi connectivity index (χ3n) is 6.65. The van der Waals surface area contributed by atoms with E-state index >= 15 is 0 Å². The minimum absolute atomic E-state index is 0.0134. The number of carbonyl (C=O) groups excluding carboxylic acids is 1. The first kappa shape index (κ1) is 23.7. The Balaban J connectivity index is 1.52. The normalized spacial score (nSPS) is 20.8. The molecule has 0 aromatic heterocycles. The van der Waals surface area contributed by atoms with Crippen molar-refractivity contribution in [3.05, 3.63) is 59.7 Å². The van der Waals surface area contributed by atoms with Crippen molar-refractivity contribution >= 4 is 18.5 Å². The second kappa shape index (κ2) is 8.72. The summed E-state index contributed by atoms with van der Waals surface area (Å²) < 4.78 is 44.6. The number of hydrogen-bond acceptors (Lipinski definition) is 4. The molecule has 0 spiro atoms. The minimum Gasteiger partial charge on any atom is -0.489 e. The molecular formula is C25H30BF2NO4. The van der Waals surface area contributed by atoms with Gasteiger partial charge < -0.3 is 19.4 Å². The molecule has 2 fully saturated rings. The molecular weight excluding hydrogens is 427 g/mol. The molecule has 1 aliphatic heterocycles. The first-order valence-corrected chi connectivity index (χ1v) is 11.3. The number of amides is 1. The summed E-state index contributed by atoms with van der Waals surface area (Å²) in [5.41, 5.74) is 1.44. The highest BCUT2D eigenvalue weighted by atomic mass is 19.3. The van der Waals surface area contributed by atoms with E-state index in [0.717, 1.165) is 11.0 Å². The summed E-state index contributed by atoms with van der Waals surface area (Å²) in [5, 5.41) is 2.70. The van der Waals surface area contributed by atoms with Crippen molar-refractivity contribution in [2.75, 3.05) is 0 Å². The average Bonchev–Trinajstić information content (AvgIpc) is 2.93. The van der Waals surface area contributed by atoms with Crippen LogP contribution in [0.3, 0.4) is 0 Å². The molecule has 1 heterocycles. The molecule has 176 valence electrons. The molecule has 0 radical (unpaired) electrons. The van der Waals surface area contributed by atoms with Gasteiger partial charge >= 0.3 is 7.12 Å². The van der Waals surface area contributed by atoms with Gasteiger partial charge in [0.05, 0.1) is 17.6 Å². The predicted octanol–water partition coefficient (Wildman–Crippen LogP) is 4.02. The number of rotatable bonds is 7. The third-order valence-corrected chi connectivity index (χ3v) is 6.65. The molecule has 2 aliphatic rings. The molecule has 0 unspecified atom stereocenters. The highest BCUT2D eigenvalue weighted by Gasteiger charge is 2.52. The van der Waals surface area contributed by atoms with Crippen LogP contribution in [0, 0.1) is 0 Å². The van der Waals surface area contributed by atoms with Crippen molar-refractivity contribution < 1.29 is 27.6 Å². The van der Waals surface area contributed by atoms with Crippen LogP contribution < -0.4 is 15.5 Å². The Morgan fingerprint density at radius 3 is 2.30 bits per heavy atom. The van der Waals surface area contributed by atoms with Crippen LogP contribution in [0.4, 0.5) is 8.78 Å². The van der Waals surface area contributed by atoms with Gasteiger partial charge in [0.15, 0.2) is 0 Å². The summed E-state index contributed by atoms with van der Waals surface area (Å²) in [6.45, 7) is 8.26. The minimum atomic E-state index is -2.68. The Labute approximate surface area is 193 Å². The number of hydrogen-bond donors (Lipinski definition) is 1. The van der Waals surface area contributed by atoms with E-state index in [1.165, 1.54) is 0 Å². The summed E-state index contributed by atoms with van der Waals surface area (Å²) in [7, 11) is -0.578. The van der Waals surface area contributed by atoms with E-state index in [9.17, 15) is 13.6 Å². The van der Waals surface area contributed by atoms with Crippen LogP contribution in [-0.2, 0) is 27.1 Å². The quantitative estimate of drug-likeness (QED) is 0.639. The van der Waals surface area contributed by atoms with E-state index in [0.29, 0.717) is 17.9 Å². The van der Waals surface area contributed by atoms with Gasteiger partial charge in [0.25, 0.3) is 5.92 Å². The van der Waals surface area contributed by atoms with Gasteiger partial charge in [0, 0.05) is 24.4 Å². The van der Waals surface area contributed by atoms with Crippen molar-refractivity contribution in [2.45, 2.75) is 76.7 Å². The van der Waals surface area contributed by atoms with E-state index < -0.39 is 30.3 Å². The van der Waals surface area contributed by atoms with Crippen LogP contribution in [0.2, 0.25) is 0 Å². The molecule has 33 heavy (non-hydrogen) atoms. The largest absolute Gasteiger partial charge is 0.494 e. The van der Waals surface area contributed by atoms with Crippen LogP contribution in [-0.4, -0.2) is 36.2 Å². The van der Waals surface area contributed by atoms with Crippen molar-refractivity contribution in [2.24, 2.45) is 0 Å². The molecule has 0 atom stereocenters. The number of halogens is 2. The summed E-state index contributed by atoms with van der Waals surface area (Å²) in [6.07, 6.45) is -0.617. The molecule has 2 aromatic rings. The monoisotopic (exact) mass is 457 g/mol. The van der Waals surface area contributed by atoms with Crippen LogP contribution in [0.25, 0.3) is 0 Å². The Kier molecular flexibility index (Phi) is 6.27. The zero-order chi connectivity index (χ0) is 23.9. The average molecular weight is 457 g/mol. The van der Waals surface area contributed by atoms with Crippen LogP contribution in [0.15, 0.2) is 48.5 Å². The maximum absolute atomic E-state index is 13.1. The fourth-order valence-electron chi connectivity index (χ4n) is 3.95. The fraction of sp³-hybridized carbons (Fsp3) is 0.480. The van der Waals surface area contributed by atoms with Gasteiger partial charge in [0.1, 0.15) is 12.4 Å². The predicted molar refractivity (Wildman–Crippen MR) is 123 cm³/mol. The van der Waals surface area contributed by atoms with Gasteiger partial charge in [0.2, 0.25) is 5.91 Å². The van der Waals surface area contributed by atoms with Gasteiger partial charge in [-0.1, -0.05) is 42.5 Å². The van der Waals surface area contributed by atoms with E-state index in [4.69, 9.17) is 14.0 Å². The molecule has 1 saturated carbocycles. The topological polar surface area (TPSA) is 56.8 Å². The Morgan fingerprint density at radius 1 is 1.06 bits per heavy atom. The summed E-state index contributed by atoms with van der Waals surface area (Å²) >= 11 is 0. The number of ether oxygens (including phenoxy) is 1. The maximum atomic E-state index is 13.1. The number of benzene rings is 2. The first-order chi connectivity index (χ1) is 15.4. The van der Waals surface area contributed by atoms with Crippen molar-refractivity contribution in [1.82, 2.24) is 5.32 Å². The summed E-state index contributed by atoms with van der Waals surface area (Å²) in [4.78, 5) is 12.6. The zero-order valence-corrected chi connectivity index (χ0v) is 19.5. The standard InChI is InChI=1S/C25H30BF2NO4/c1-23(2)24(3,4)33-26(32-23)19-10-11-21(31-16-17-8-6-5-7-9-17)18(12-19)13-22(30)29-20-14-25(27,28)15-20/h5-12,20H,13-16H2,1-4H3,(H,29,30). The SMILES string of the molecule is CC1(C)OB(c2ccc(OCc3ccccc3)c(CC(=O)NC3CC(F)(F)C3)c2)OC1(C)C. The number of nitrogens with one attached hydrogen (secondary N) is 1. The molecule has 2 aromatic carbocycles. The molecule has 1 aliphatic carbocycles. The molecule has 5 nitrogen and oxygen atoms in total. The first-order valence-electron chi connectivity index (χ1n) is 11.3. The van der Waals surface area contributed by atoms with Crippen LogP contribution in [0.5, 0.6) is 5.75 Å². The van der Waals surface area contributed by atoms with Crippen molar-refractivity contribution in [3.63, 3.8) is 0 Å². The Bertz CT molecular complexity index is 989. The van der Waals surface area contributed by atoms with Gasteiger partial charge in [-0.2, -0.15) is 0 Å². The highest BCUT2D eigenvalue weighted by Crippen LogP contribution is 2.38. The van der Waals surface area contributed by atoms with Crippen molar-refractivity contribution in [1.29, 1.82) is 0 Å². The number of alkyl halides is 2. The van der Waals surface area contributed by atoms with E-state index in [-0.39, 0.29) is 25.2 Å². The second-order valence-corrected chi connectivity index (χ2v) is 9.94. The maximum Gasteiger partial charge on any atom is 0.494 e. The van der Waals surface area contributed by atoms with Gasteiger partial charge in [-0.05, 0) is 44.8 Å². The molecule has 1 saturated heterocycles. The Hall–Kier alpha value is -2.45. The van der Waals surface area contributed by atoms with Crippen LogP contribution in [0.1, 0.15) is 51.7 Å². The lowest BCUT2D eigenvalue weighted by Crippen LogP contribution is -2.50. The second-order valence-electron chi connectivity index (χ2n) is 9.94. The van der Waals surface area contributed by atoms with Crippen molar-refractivity contribution in [3.8, 4) is 5.75 Å². The zero-order valence-electron chi connectivity index (χ0n) is 19.5. The fourth-order valence-corrected chi connectivity index (χ4v) is 3.95. The molecule has 8 heteroatoms. The molecule has 1 amide bonds. The molecule has 0 bridgehead atoms. The van der Waals surface area contributed by atoms with E-state index in [2.05, 4.69) is 5.32 Å². The lowest BCUT2D eigenvalue weighted by atomic mass is 9.78. The van der Waals surface area contributed by atoms with Gasteiger partial charge in [-0.15, -0.1) is 0 Å².